The van der Waals surface area contributed by atoms with Crippen LogP contribution in [-0.2, 0) is 9.53 Å². The van der Waals surface area contributed by atoms with Crippen LogP contribution >= 0.6 is 0 Å². The number of terminal acetylenes is 1. The lowest BCUT2D eigenvalue weighted by atomic mass is 9.35. The summed E-state index contributed by atoms with van der Waals surface area (Å²) in [5.74, 6) is 2.72. The normalized spacial score (nSPS) is 39.0. The molecule has 3 aliphatic carbocycles. The molecule has 14 heavy (non-hydrogen) atoms. The summed E-state index contributed by atoms with van der Waals surface area (Å²) in [5.41, 5.74) is -0.535. The molecule has 0 spiro atoms. The van der Waals surface area contributed by atoms with E-state index in [0.717, 1.165) is 19.3 Å². The minimum atomic E-state index is -0.379. The summed E-state index contributed by atoms with van der Waals surface area (Å²) in [6.07, 6.45) is 7.91. The molecule has 0 N–H and O–H groups in total. The smallest absolute Gasteiger partial charge is 0.312 e. The number of ether oxygens (including phenoxy) is 1. The highest BCUT2D eigenvalue weighted by Gasteiger charge is 2.72. The summed E-state index contributed by atoms with van der Waals surface area (Å²) in [5, 5.41) is 0. The van der Waals surface area contributed by atoms with Gasteiger partial charge in [-0.2, -0.15) is 0 Å². The van der Waals surface area contributed by atoms with Crippen molar-refractivity contribution in [2.45, 2.75) is 45.6 Å². The summed E-state index contributed by atoms with van der Waals surface area (Å²) in [6.45, 7) is 5.69. The summed E-state index contributed by atoms with van der Waals surface area (Å²) < 4.78 is 5.36. The zero-order valence-electron chi connectivity index (χ0n) is 9.02. The van der Waals surface area contributed by atoms with E-state index in [4.69, 9.17) is 11.2 Å². The first-order valence-corrected chi connectivity index (χ1v) is 5.02. The van der Waals surface area contributed by atoms with Crippen molar-refractivity contribution in [3.05, 3.63) is 0 Å². The van der Waals surface area contributed by atoms with Crippen LogP contribution < -0.4 is 0 Å². The van der Waals surface area contributed by atoms with Gasteiger partial charge >= 0.3 is 5.97 Å². The molecule has 0 aromatic rings. The molecule has 0 amide bonds. The third-order valence-corrected chi connectivity index (χ3v) is 3.17. The molecule has 0 atom stereocenters. The third kappa shape index (κ3) is 1.15. The molecule has 3 rings (SSSR count). The number of hydrogen-bond acceptors (Lipinski definition) is 2. The van der Waals surface area contributed by atoms with Crippen LogP contribution in [0.15, 0.2) is 0 Å². The van der Waals surface area contributed by atoms with E-state index < -0.39 is 0 Å². The molecule has 3 saturated carbocycles. The van der Waals surface area contributed by atoms with E-state index in [1.807, 2.05) is 20.8 Å². The summed E-state index contributed by atoms with van der Waals surface area (Å²) in [7, 11) is 0. The molecule has 0 saturated heterocycles. The monoisotopic (exact) mass is 192 g/mol. The Labute approximate surface area is 85.0 Å². The largest absolute Gasteiger partial charge is 0.460 e. The fraction of sp³-hybridized carbons (Fsp3) is 0.750. The van der Waals surface area contributed by atoms with Crippen LogP contribution in [0, 0.1) is 23.2 Å². The number of hydrogen-bond donors (Lipinski definition) is 0. The van der Waals surface area contributed by atoms with Gasteiger partial charge in [-0.15, -0.1) is 6.42 Å². The minimum absolute atomic E-state index is 0.0525. The van der Waals surface area contributed by atoms with Gasteiger partial charge in [-0.05, 0) is 40.0 Å². The Hall–Kier alpha value is -0.970. The van der Waals surface area contributed by atoms with Gasteiger partial charge in [0, 0.05) is 5.41 Å². The van der Waals surface area contributed by atoms with Crippen molar-refractivity contribution >= 4 is 5.97 Å². The van der Waals surface area contributed by atoms with Gasteiger partial charge < -0.3 is 4.74 Å². The van der Waals surface area contributed by atoms with E-state index in [0.29, 0.717) is 0 Å². The lowest BCUT2D eigenvalue weighted by Crippen LogP contribution is -2.65. The van der Waals surface area contributed by atoms with Crippen LogP contribution in [0.4, 0.5) is 0 Å². The first kappa shape index (κ1) is 9.58. The first-order chi connectivity index (χ1) is 6.31. The van der Waals surface area contributed by atoms with Gasteiger partial charge in [-0.25, -0.2) is 0 Å². The molecule has 76 valence electrons. The molecule has 0 aromatic heterocycles. The SMILES string of the molecule is C#CC12CC(C(=O)OC(C)(C)C)(C1)C2. The van der Waals surface area contributed by atoms with Crippen LogP contribution in [0.25, 0.3) is 0 Å². The Kier molecular flexibility index (Phi) is 1.60. The van der Waals surface area contributed by atoms with Crippen molar-refractivity contribution in [2.24, 2.45) is 10.8 Å². The number of carbonyl (C=O) groups is 1. The molecular weight excluding hydrogens is 176 g/mol. The topological polar surface area (TPSA) is 26.3 Å². The van der Waals surface area contributed by atoms with Crippen molar-refractivity contribution < 1.29 is 9.53 Å². The number of rotatable bonds is 1. The Balaban J connectivity index is 1.95. The molecule has 0 aliphatic heterocycles. The maximum absolute atomic E-state index is 11.8. The molecule has 2 heteroatoms. The average molecular weight is 192 g/mol. The highest BCUT2D eigenvalue weighted by atomic mass is 16.6. The highest BCUT2D eigenvalue weighted by Crippen LogP contribution is 2.73. The van der Waals surface area contributed by atoms with Crippen LogP contribution in [0.1, 0.15) is 40.0 Å². The number of esters is 1. The van der Waals surface area contributed by atoms with Crippen molar-refractivity contribution in [1.29, 1.82) is 0 Å². The van der Waals surface area contributed by atoms with Crippen LogP contribution in [-0.4, -0.2) is 11.6 Å². The van der Waals surface area contributed by atoms with Gasteiger partial charge in [0.05, 0.1) is 5.41 Å². The van der Waals surface area contributed by atoms with Crippen LogP contribution in [0.2, 0.25) is 0 Å². The molecule has 2 bridgehead atoms. The fourth-order valence-corrected chi connectivity index (χ4v) is 2.54. The second kappa shape index (κ2) is 2.34. The second-order valence-electron chi connectivity index (χ2n) is 5.74. The quantitative estimate of drug-likeness (QED) is 0.470. The van der Waals surface area contributed by atoms with E-state index in [-0.39, 0.29) is 22.4 Å². The summed E-state index contributed by atoms with van der Waals surface area (Å²) in [4.78, 5) is 11.8. The molecule has 3 aliphatic rings. The Morgan fingerprint density at radius 3 is 2.21 bits per heavy atom. The van der Waals surface area contributed by atoms with Gasteiger partial charge in [-0.3, -0.25) is 4.79 Å². The van der Waals surface area contributed by atoms with Gasteiger partial charge in [0.25, 0.3) is 0 Å². The lowest BCUT2D eigenvalue weighted by Gasteiger charge is -2.66. The Morgan fingerprint density at radius 2 is 1.86 bits per heavy atom. The highest BCUT2D eigenvalue weighted by molar-refractivity contribution is 5.82. The zero-order chi connectivity index (χ0) is 10.6. The van der Waals surface area contributed by atoms with Crippen molar-refractivity contribution in [1.82, 2.24) is 0 Å². The van der Waals surface area contributed by atoms with E-state index in [9.17, 15) is 4.79 Å². The van der Waals surface area contributed by atoms with Gasteiger partial charge in [0.2, 0.25) is 0 Å². The van der Waals surface area contributed by atoms with E-state index in [1.165, 1.54) is 0 Å². The maximum atomic E-state index is 11.8. The molecule has 2 nitrogen and oxygen atoms in total. The predicted molar refractivity (Wildman–Crippen MR) is 53.4 cm³/mol. The first-order valence-electron chi connectivity index (χ1n) is 5.02. The van der Waals surface area contributed by atoms with E-state index in [2.05, 4.69) is 5.92 Å². The standard InChI is InChI=1S/C12H16O2/c1-5-11-6-12(7-11,8-11)9(13)14-10(2,3)4/h1H,6-8H2,2-4H3. The lowest BCUT2D eigenvalue weighted by molar-refractivity contribution is -0.218. The zero-order valence-corrected chi connectivity index (χ0v) is 9.02. The van der Waals surface area contributed by atoms with Crippen LogP contribution in [0.3, 0.4) is 0 Å². The molecular formula is C12H16O2. The average Bonchev–Trinajstić information content (AvgIpc) is 1.76. The molecule has 3 fully saturated rings. The number of carbonyl (C=O) groups excluding carboxylic acids is 1. The van der Waals surface area contributed by atoms with Gasteiger partial charge in [0.15, 0.2) is 0 Å². The van der Waals surface area contributed by atoms with Crippen molar-refractivity contribution in [3.8, 4) is 12.3 Å². The van der Waals surface area contributed by atoms with Gasteiger partial charge in [-0.1, -0.05) is 5.92 Å². The van der Waals surface area contributed by atoms with E-state index >= 15 is 0 Å². The Morgan fingerprint density at radius 1 is 1.36 bits per heavy atom. The molecule has 0 heterocycles. The van der Waals surface area contributed by atoms with Crippen molar-refractivity contribution in [3.63, 3.8) is 0 Å². The Bertz CT molecular complexity index is 307. The van der Waals surface area contributed by atoms with Crippen molar-refractivity contribution in [2.75, 3.05) is 0 Å². The third-order valence-electron chi connectivity index (χ3n) is 3.17. The minimum Gasteiger partial charge on any atom is -0.460 e. The summed E-state index contributed by atoms with van der Waals surface area (Å²) in [6, 6.07) is 0. The van der Waals surface area contributed by atoms with Gasteiger partial charge in [0.1, 0.15) is 5.60 Å². The maximum Gasteiger partial charge on any atom is 0.312 e. The van der Waals surface area contributed by atoms with E-state index in [1.54, 1.807) is 0 Å². The summed E-state index contributed by atoms with van der Waals surface area (Å²) >= 11 is 0. The molecule has 0 radical (unpaired) electrons. The van der Waals surface area contributed by atoms with Crippen LogP contribution in [0.5, 0.6) is 0 Å². The fourth-order valence-electron chi connectivity index (χ4n) is 2.54. The predicted octanol–water partition coefficient (Wildman–Crippen LogP) is 2.13. The molecule has 0 unspecified atom stereocenters. The second-order valence-corrected chi connectivity index (χ2v) is 5.74. The molecule has 0 aromatic carbocycles.